The maximum absolute atomic E-state index is 11.6. The number of rotatable bonds is 7. The van der Waals surface area contributed by atoms with E-state index in [1.807, 2.05) is 10.9 Å². The number of aromatic nitrogens is 2. The Labute approximate surface area is 171 Å². The van der Waals surface area contributed by atoms with Gasteiger partial charge in [-0.25, -0.2) is 0 Å². The van der Waals surface area contributed by atoms with Gasteiger partial charge in [-0.05, 0) is 74.4 Å². The molecule has 4 rings (SSSR count). The van der Waals surface area contributed by atoms with Crippen LogP contribution in [0.2, 0.25) is 0 Å². The summed E-state index contributed by atoms with van der Waals surface area (Å²) in [6.45, 7) is 2.95. The number of aryl methyl sites for hydroxylation is 2. The van der Waals surface area contributed by atoms with E-state index in [0.29, 0.717) is 18.9 Å². The van der Waals surface area contributed by atoms with Crippen molar-refractivity contribution in [2.75, 3.05) is 7.11 Å². The third kappa shape index (κ3) is 4.29. The predicted molar refractivity (Wildman–Crippen MR) is 114 cm³/mol. The first-order valence-electron chi connectivity index (χ1n) is 10.5. The molecule has 0 spiro atoms. The van der Waals surface area contributed by atoms with Crippen LogP contribution in [0.15, 0.2) is 42.6 Å². The molecule has 152 valence electrons. The van der Waals surface area contributed by atoms with Crippen LogP contribution in [0.5, 0.6) is 5.75 Å². The van der Waals surface area contributed by atoms with Crippen LogP contribution in [0.4, 0.5) is 0 Å². The van der Waals surface area contributed by atoms with Crippen LogP contribution in [0, 0.1) is 0 Å². The summed E-state index contributed by atoms with van der Waals surface area (Å²) in [7, 11) is 1.43. The van der Waals surface area contributed by atoms with E-state index in [9.17, 15) is 4.79 Å². The highest BCUT2D eigenvalue weighted by atomic mass is 16.5. The Bertz CT molecular complexity index is 1000. The van der Waals surface area contributed by atoms with E-state index in [1.54, 1.807) is 0 Å². The number of methoxy groups -OCH3 is 1. The van der Waals surface area contributed by atoms with E-state index in [2.05, 4.69) is 48.4 Å². The van der Waals surface area contributed by atoms with Crippen molar-refractivity contribution in [3.63, 3.8) is 0 Å². The van der Waals surface area contributed by atoms with Gasteiger partial charge in [-0.2, -0.15) is 5.10 Å². The largest absolute Gasteiger partial charge is 0.490 e. The van der Waals surface area contributed by atoms with Crippen molar-refractivity contribution < 1.29 is 14.3 Å². The van der Waals surface area contributed by atoms with Crippen molar-refractivity contribution >= 4 is 16.9 Å². The van der Waals surface area contributed by atoms with Gasteiger partial charge in [0.2, 0.25) is 0 Å². The number of esters is 1. The van der Waals surface area contributed by atoms with E-state index in [4.69, 9.17) is 9.47 Å². The van der Waals surface area contributed by atoms with Crippen LogP contribution in [0.3, 0.4) is 0 Å². The van der Waals surface area contributed by atoms with E-state index in [1.165, 1.54) is 20.0 Å². The summed E-state index contributed by atoms with van der Waals surface area (Å²) in [6.07, 6.45) is 7.94. The zero-order chi connectivity index (χ0) is 20.2. The fourth-order valence-electron chi connectivity index (χ4n) is 4.10. The predicted octanol–water partition coefficient (Wildman–Crippen LogP) is 5.15. The average Bonchev–Trinajstić information content (AvgIpc) is 3.41. The maximum Gasteiger partial charge on any atom is 0.305 e. The minimum Gasteiger partial charge on any atom is -0.490 e. The summed E-state index contributed by atoms with van der Waals surface area (Å²) < 4.78 is 13.2. The van der Waals surface area contributed by atoms with Crippen molar-refractivity contribution in [2.45, 2.75) is 58.1 Å². The number of carbonyl (C=O) groups excluding carboxylic acids is 1. The lowest BCUT2D eigenvalue weighted by Gasteiger charge is -2.18. The molecular weight excluding hydrogens is 364 g/mol. The molecular formula is C24H28N2O3. The Hall–Kier alpha value is -2.82. The number of ether oxygens (including phenoxy) is 2. The molecule has 5 nitrogen and oxygen atoms in total. The Morgan fingerprint density at radius 1 is 1.17 bits per heavy atom. The van der Waals surface area contributed by atoms with E-state index in [-0.39, 0.29) is 5.97 Å². The van der Waals surface area contributed by atoms with Gasteiger partial charge in [0.1, 0.15) is 5.75 Å². The van der Waals surface area contributed by atoms with Crippen molar-refractivity contribution in [1.29, 1.82) is 0 Å². The van der Waals surface area contributed by atoms with Gasteiger partial charge in [0.05, 0.1) is 24.9 Å². The first-order valence-corrected chi connectivity index (χ1v) is 10.5. The first kappa shape index (κ1) is 19.5. The molecule has 1 aliphatic rings. The van der Waals surface area contributed by atoms with Crippen LogP contribution in [-0.2, 0) is 22.5 Å². The highest BCUT2D eigenvalue weighted by molar-refractivity contribution is 5.86. The molecule has 0 amide bonds. The minimum atomic E-state index is -0.189. The molecule has 0 N–H and O–H groups in total. The molecule has 0 aliphatic heterocycles. The standard InChI is InChI=1S/C24H28N2O3/c1-3-26-22-11-10-18(15-19(22)16-25-26)21-14-17(9-13-24(27)28-2)8-12-23(21)29-20-6-4-5-7-20/h8,10-12,14-16,20H,3-7,9,13H2,1-2H3. The van der Waals surface area contributed by atoms with Crippen LogP contribution in [0.25, 0.3) is 22.0 Å². The number of benzene rings is 2. The summed E-state index contributed by atoms with van der Waals surface area (Å²) in [6, 6.07) is 12.7. The van der Waals surface area contributed by atoms with Crippen LogP contribution in [0.1, 0.15) is 44.6 Å². The third-order valence-corrected chi connectivity index (χ3v) is 5.74. The van der Waals surface area contributed by atoms with E-state index < -0.39 is 0 Å². The highest BCUT2D eigenvalue weighted by Crippen LogP contribution is 2.36. The summed E-state index contributed by atoms with van der Waals surface area (Å²) in [5.41, 5.74) is 4.43. The molecule has 0 bridgehead atoms. The second-order valence-corrected chi connectivity index (χ2v) is 7.66. The normalized spacial score (nSPS) is 14.4. The lowest BCUT2D eigenvalue weighted by molar-refractivity contribution is -0.140. The van der Waals surface area contributed by atoms with Gasteiger partial charge in [0, 0.05) is 23.9 Å². The molecule has 2 aromatic carbocycles. The molecule has 1 fully saturated rings. The Kier molecular flexibility index (Phi) is 5.84. The molecule has 0 saturated heterocycles. The van der Waals surface area contributed by atoms with Crippen molar-refractivity contribution in [1.82, 2.24) is 9.78 Å². The van der Waals surface area contributed by atoms with Gasteiger partial charge in [-0.15, -0.1) is 0 Å². The van der Waals surface area contributed by atoms with Crippen LogP contribution in [-0.4, -0.2) is 29.0 Å². The van der Waals surface area contributed by atoms with Crippen molar-refractivity contribution in [3.05, 3.63) is 48.2 Å². The molecule has 0 radical (unpaired) electrons. The van der Waals surface area contributed by atoms with Gasteiger partial charge in [0.15, 0.2) is 0 Å². The molecule has 0 unspecified atom stereocenters. The Morgan fingerprint density at radius 3 is 2.76 bits per heavy atom. The number of fused-ring (bicyclic) bond motifs is 1. The Balaban J connectivity index is 1.69. The molecule has 1 aromatic heterocycles. The SMILES string of the molecule is CCn1ncc2cc(-c3cc(CCC(=O)OC)ccc3OC3CCCC3)ccc21. The molecule has 29 heavy (non-hydrogen) atoms. The smallest absolute Gasteiger partial charge is 0.305 e. The highest BCUT2D eigenvalue weighted by Gasteiger charge is 2.19. The Morgan fingerprint density at radius 2 is 2.00 bits per heavy atom. The summed E-state index contributed by atoms with van der Waals surface area (Å²) in [5.74, 6) is 0.729. The number of hydrogen-bond acceptors (Lipinski definition) is 4. The molecule has 1 saturated carbocycles. The fourth-order valence-corrected chi connectivity index (χ4v) is 4.10. The van der Waals surface area contributed by atoms with Crippen LogP contribution >= 0.6 is 0 Å². The quantitative estimate of drug-likeness (QED) is 0.522. The molecule has 1 heterocycles. The van der Waals surface area contributed by atoms with Gasteiger partial charge >= 0.3 is 5.97 Å². The molecule has 3 aromatic rings. The maximum atomic E-state index is 11.6. The second kappa shape index (κ2) is 8.68. The minimum absolute atomic E-state index is 0.189. The lowest BCUT2D eigenvalue weighted by atomic mass is 9.98. The molecule has 5 heteroatoms. The first-order chi connectivity index (χ1) is 14.2. The lowest BCUT2D eigenvalue weighted by Crippen LogP contribution is -2.11. The fraction of sp³-hybridized carbons (Fsp3) is 0.417. The average molecular weight is 392 g/mol. The van der Waals surface area contributed by atoms with E-state index >= 15 is 0 Å². The summed E-state index contributed by atoms with van der Waals surface area (Å²) >= 11 is 0. The molecule has 0 atom stereocenters. The zero-order valence-electron chi connectivity index (χ0n) is 17.2. The zero-order valence-corrected chi connectivity index (χ0v) is 17.2. The number of nitrogens with zero attached hydrogens (tertiary/aromatic N) is 2. The molecule has 1 aliphatic carbocycles. The van der Waals surface area contributed by atoms with Crippen molar-refractivity contribution in [2.24, 2.45) is 0 Å². The monoisotopic (exact) mass is 392 g/mol. The topological polar surface area (TPSA) is 53.4 Å². The van der Waals surface area contributed by atoms with E-state index in [0.717, 1.165) is 52.7 Å². The van der Waals surface area contributed by atoms with Gasteiger partial charge in [-0.3, -0.25) is 9.48 Å². The third-order valence-electron chi connectivity index (χ3n) is 5.74. The summed E-state index contributed by atoms with van der Waals surface area (Å²) in [4.78, 5) is 11.6. The van der Waals surface area contributed by atoms with Gasteiger partial charge < -0.3 is 9.47 Å². The van der Waals surface area contributed by atoms with Crippen LogP contribution < -0.4 is 4.74 Å². The summed E-state index contributed by atoms with van der Waals surface area (Å²) in [5, 5.41) is 5.59. The van der Waals surface area contributed by atoms with Crippen molar-refractivity contribution in [3.8, 4) is 16.9 Å². The second-order valence-electron chi connectivity index (χ2n) is 7.66. The number of carbonyl (C=O) groups is 1. The van der Waals surface area contributed by atoms with Gasteiger partial charge in [-0.1, -0.05) is 12.1 Å². The van der Waals surface area contributed by atoms with Gasteiger partial charge in [0.25, 0.3) is 0 Å². The number of hydrogen-bond donors (Lipinski definition) is 0.